The van der Waals surface area contributed by atoms with Crippen molar-refractivity contribution < 1.29 is 17.2 Å². The van der Waals surface area contributed by atoms with Gasteiger partial charge in [-0.1, -0.05) is 12.1 Å². The topological polar surface area (TPSA) is 89.4 Å². The molecule has 0 radical (unpaired) electrons. The fraction of sp³-hybridized carbons (Fsp3) is 0.0588. The average molecular weight is 410 g/mol. The van der Waals surface area contributed by atoms with E-state index in [-0.39, 0.29) is 32.7 Å². The van der Waals surface area contributed by atoms with E-state index in [0.717, 1.165) is 18.3 Å². The van der Waals surface area contributed by atoms with Crippen LogP contribution < -0.4 is 0 Å². The molecule has 1 aromatic heterocycles. The van der Waals surface area contributed by atoms with Crippen molar-refractivity contribution in [3.05, 3.63) is 76.0 Å². The third-order valence-corrected chi connectivity index (χ3v) is 5.57. The zero-order valence-corrected chi connectivity index (χ0v) is 15.0. The minimum atomic E-state index is -4.08. The van der Waals surface area contributed by atoms with Crippen molar-refractivity contribution in [1.82, 2.24) is 9.97 Å². The van der Waals surface area contributed by atoms with Crippen LogP contribution in [0.2, 0.25) is 5.28 Å². The molecule has 0 unspecified atom stereocenters. The van der Waals surface area contributed by atoms with Crippen LogP contribution in [0.3, 0.4) is 0 Å². The summed E-state index contributed by atoms with van der Waals surface area (Å²) in [5.74, 6) is -2.35. The average Bonchev–Trinajstić information content (AvgIpc) is 2.65. The Labute approximate surface area is 157 Å². The number of nitrogens with zero attached hydrogens (tertiary/aromatic N) is 3. The molecular formula is C17H10ClF2N3O3S. The van der Waals surface area contributed by atoms with Gasteiger partial charge in [-0.05, 0) is 47.1 Å². The molecule has 2 aromatic carbocycles. The van der Waals surface area contributed by atoms with E-state index in [2.05, 4.69) is 15.1 Å². The van der Waals surface area contributed by atoms with Gasteiger partial charge in [0, 0.05) is 11.1 Å². The van der Waals surface area contributed by atoms with E-state index in [1.54, 1.807) is 0 Å². The standard InChI is InChI=1S/C17H10ClF2N3O3S/c18-17-21-8-13(20)16(22-17)10-5-6-12(19)11(7-10)9-27(25,26)15-4-2-1-3-14(15)23-24/h1-8H,9H2. The minimum Gasteiger partial charge on any atom is -0.223 e. The molecule has 27 heavy (non-hydrogen) atoms. The minimum absolute atomic E-state index is 0.130. The summed E-state index contributed by atoms with van der Waals surface area (Å²) in [5.41, 5.74) is -0.557. The molecule has 0 aliphatic heterocycles. The summed E-state index contributed by atoms with van der Waals surface area (Å²) in [4.78, 5) is 17.8. The van der Waals surface area contributed by atoms with Crippen molar-refractivity contribution in [1.29, 1.82) is 0 Å². The predicted molar refractivity (Wildman–Crippen MR) is 95.2 cm³/mol. The Morgan fingerprint density at radius 2 is 1.81 bits per heavy atom. The van der Waals surface area contributed by atoms with E-state index in [9.17, 15) is 22.1 Å². The van der Waals surface area contributed by atoms with E-state index < -0.39 is 27.2 Å². The van der Waals surface area contributed by atoms with Crippen molar-refractivity contribution in [3.8, 4) is 11.3 Å². The lowest BCUT2D eigenvalue weighted by Gasteiger charge is -2.09. The molecular weight excluding hydrogens is 400 g/mol. The number of aromatic nitrogens is 2. The second-order valence-electron chi connectivity index (χ2n) is 5.46. The van der Waals surface area contributed by atoms with Gasteiger partial charge in [0.15, 0.2) is 15.7 Å². The third kappa shape index (κ3) is 3.99. The molecule has 0 saturated carbocycles. The van der Waals surface area contributed by atoms with Crippen LogP contribution >= 0.6 is 11.6 Å². The highest BCUT2D eigenvalue weighted by molar-refractivity contribution is 7.90. The van der Waals surface area contributed by atoms with Gasteiger partial charge < -0.3 is 0 Å². The molecule has 6 nitrogen and oxygen atoms in total. The highest BCUT2D eigenvalue weighted by atomic mass is 35.5. The Kier molecular flexibility index (Phi) is 5.24. The van der Waals surface area contributed by atoms with Crippen molar-refractivity contribution in [2.75, 3.05) is 0 Å². The molecule has 0 bridgehead atoms. The lowest BCUT2D eigenvalue weighted by atomic mass is 10.1. The molecule has 0 aliphatic rings. The summed E-state index contributed by atoms with van der Waals surface area (Å²) in [5, 5.41) is 2.47. The van der Waals surface area contributed by atoms with Crippen LogP contribution in [0.4, 0.5) is 14.5 Å². The number of sulfone groups is 1. The normalized spacial score (nSPS) is 11.4. The first-order chi connectivity index (χ1) is 12.8. The van der Waals surface area contributed by atoms with Crippen LogP contribution in [0, 0.1) is 16.5 Å². The van der Waals surface area contributed by atoms with E-state index in [1.165, 1.54) is 30.3 Å². The van der Waals surface area contributed by atoms with Crippen LogP contribution in [-0.2, 0) is 15.6 Å². The third-order valence-electron chi connectivity index (χ3n) is 3.68. The lowest BCUT2D eigenvalue weighted by Crippen LogP contribution is -2.07. The summed E-state index contributed by atoms with van der Waals surface area (Å²) in [6.45, 7) is 0. The second kappa shape index (κ2) is 7.45. The molecule has 10 heteroatoms. The number of benzene rings is 2. The van der Waals surface area contributed by atoms with Gasteiger partial charge in [-0.15, -0.1) is 4.91 Å². The summed E-state index contributed by atoms with van der Waals surface area (Å²) in [6.07, 6.45) is 0.858. The number of hydrogen-bond acceptors (Lipinski definition) is 6. The molecule has 1 heterocycles. The molecule has 0 amide bonds. The maximum atomic E-state index is 14.2. The van der Waals surface area contributed by atoms with Gasteiger partial charge in [-0.2, -0.15) is 0 Å². The number of hydrogen-bond donors (Lipinski definition) is 0. The Hall–Kier alpha value is -2.78. The van der Waals surface area contributed by atoms with Crippen molar-refractivity contribution in [2.45, 2.75) is 10.6 Å². The van der Waals surface area contributed by atoms with Gasteiger partial charge in [0.05, 0.1) is 16.8 Å². The first kappa shape index (κ1) is 19.0. The SMILES string of the molecule is O=Nc1ccccc1S(=O)(=O)Cc1cc(-c2nc(Cl)ncc2F)ccc1F. The number of halogens is 3. The van der Waals surface area contributed by atoms with Gasteiger partial charge in [0.2, 0.25) is 5.28 Å². The lowest BCUT2D eigenvalue weighted by molar-refractivity contribution is 0.587. The highest BCUT2D eigenvalue weighted by Gasteiger charge is 2.22. The highest BCUT2D eigenvalue weighted by Crippen LogP contribution is 2.29. The zero-order valence-electron chi connectivity index (χ0n) is 13.4. The Balaban J connectivity index is 2.05. The van der Waals surface area contributed by atoms with Crippen LogP contribution in [0.15, 0.2) is 58.7 Å². The molecule has 0 fully saturated rings. The van der Waals surface area contributed by atoms with E-state index in [0.29, 0.717) is 0 Å². The molecule has 0 spiro atoms. The molecule has 138 valence electrons. The number of rotatable bonds is 5. The Morgan fingerprint density at radius 3 is 2.56 bits per heavy atom. The number of nitroso groups, excluding NO2 is 1. The quantitative estimate of drug-likeness (QED) is 0.459. The molecule has 0 aliphatic carbocycles. The molecule has 0 atom stereocenters. The van der Waals surface area contributed by atoms with E-state index in [1.807, 2.05) is 0 Å². The Bertz CT molecular complexity index is 1140. The molecule has 0 saturated heterocycles. The monoisotopic (exact) mass is 409 g/mol. The van der Waals surface area contributed by atoms with Crippen molar-refractivity contribution in [2.24, 2.45) is 5.18 Å². The largest absolute Gasteiger partial charge is 0.223 e. The van der Waals surface area contributed by atoms with Gasteiger partial charge in [-0.3, -0.25) is 0 Å². The molecule has 0 N–H and O–H groups in total. The van der Waals surface area contributed by atoms with Gasteiger partial charge in [0.25, 0.3) is 0 Å². The summed E-state index contributed by atoms with van der Waals surface area (Å²) >= 11 is 5.66. The van der Waals surface area contributed by atoms with Crippen molar-refractivity contribution >= 4 is 27.1 Å². The molecule has 3 rings (SSSR count). The summed E-state index contributed by atoms with van der Waals surface area (Å²) < 4.78 is 53.4. The smallest absolute Gasteiger partial charge is 0.223 e. The summed E-state index contributed by atoms with van der Waals surface area (Å²) in [6, 6.07) is 8.73. The fourth-order valence-electron chi connectivity index (χ4n) is 2.46. The first-order valence-electron chi connectivity index (χ1n) is 7.44. The maximum absolute atomic E-state index is 14.2. The van der Waals surface area contributed by atoms with Crippen LogP contribution in [0.25, 0.3) is 11.3 Å². The van der Waals surface area contributed by atoms with E-state index in [4.69, 9.17) is 11.6 Å². The summed E-state index contributed by atoms with van der Waals surface area (Å²) in [7, 11) is -4.08. The van der Waals surface area contributed by atoms with Gasteiger partial charge in [-0.25, -0.2) is 27.2 Å². The van der Waals surface area contributed by atoms with Gasteiger partial charge in [0.1, 0.15) is 17.2 Å². The van der Waals surface area contributed by atoms with Gasteiger partial charge >= 0.3 is 0 Å². The zero-order chi connectivity index (χ0) is 19.6. The van der Waals surface area contributed by atoms with Crippen LogP contribution in [-0.4, -0.2) is 18.4 Å². The van der Waals surface area contributed by atoms with Crippen molar-refractivity contribution in [3.63, 3.8) is 0 Å². The van der Waals surface area contributed by atoms with Crippen LogP contribution in [0.5, 0.6) is 0 Å². The second-order valence-corrected chi connectivity index (χ2v) is 7.76. The van der Waals surface area contributed by atoms with E-state index >= 15 is 0 Å². The first-order valence-corrected chi connectivity index (χ1v) is 9.47. The Morgan fingerprint density at radius 1 is 1.07 bits per heavy atom. The predicted octanol–water partition coefficient (Wildman–Crippen LogP) is 4.45. The molecule has 3 aromatic rings. The van der Waals surface area contributed by atoms with Crippen LogP contribution in [0.1, 0.15) is 5.56 Å². The maximum Gasteiger partial charge on any atom is 0.223 e. The fourth-order valence-corrected chi connectivity index (χ4v) is 4.09.